The molecular weight excluding hydrogens is 336 g/mol. The maximum absolute atomic E-state index is 12.8. The molecule has 130 valence electrons. The first-order valence-electron chi connectivity index (χ1n) is 8.07. The standard InChI is InChI=1S/C19H20N2O3S/c1-4-23-15-9-6-5-8-14(15)12-21(3)19(22)17-13(2)25-18(20-17)16-10-7-11-24-16/h5-11H,4,12H2,1-3H3. The third-order valence-electron chi connectivity index (χ3n) is 3.76. The molecule has 0 spiro atoms. The van der Waals surface area contributed by atoms with E-state index in [0.29, 0.717) is 29.6 Å². The van der Waals surface area contributed by atoms with Gasteiger partial charge in [-0.15, -0.1) is 11.3 Å². The van der Waals surface area contributed by atoms with Crippen LogP contribution in [-0.2, 0) is 6.54 Å². The van der Waals surface area contributed by atoms with Crippen molar-refractivity contribution in [3.05, 3.63) is 58.8 Å². The fourth-order valence-corrected chi connectivity index (χ4v) is 3.41. The summed E-state index contributed by atoms with van der Waals surface area (Å²) in [5, 5.41) is 0.717. The Balaban J connectivity index is 1.79. The van der Waals surface area contributed by atoms with Crippen molar-refractivity contribution in [1.29, 1.82) is 0 Å². The van der Waals surface area contributed by atoms with E-state index >= 15 is 0 Å². The van der Waals surface area contributed by atoms with E-state index < -0.39 is 0 Å². The Morgan fingerprint density at radius 3 is 2.80 bits per heavy atom. The van der Waals surface area contributed by atoms with Crippen molar-refractivity contribution in [2.75, 3.05) is 13.7 Å². The first-order valence-corrected chi connectivity index (χ1v) is 8.89. The number of para-hydroxylation sites is 1. The lowest BCUT2D eigenvalue weighted by Gasteiger charge is -2.18. The summed E-state index contributed by atoms with van der Waals surface area (Å²) >= 11 is 1.46. The number of thiazole rings is 1. The van der Waals surface area contributed by atoms with E-state index in [9.17, 15) is 4.79 Å². The highest BCUT2D eigenvalue weighted by atomic mass is 32.1. The first-order chi connectivity index (χ1) is 12.1. The maximum Gasteiger partial charge on any atom is 0.273 e. The molecule has 3 aromatic rings. The van der Waals surface area contributed by atoms with Gasteiger partial charge in [0.15, 0.2) is 10.8 Å². The molecule has 0 radical (unpaired) electrons. The molecule has 1 amide bonds. The van der Waals surface area contributed by atoms with Gasteiger partial charge in [-0.05, 0) is 32.0 Å². The summed E-state index contributed by atoms with van der Waals surface area (Å²) in [4.78, 5) is 19.8. The molecular formula is C19H20N2O3S. The number of hydrogen-bond acceptors (Lipinski definition) is 5. The van der Waals surface area contributed by atoms with Crippen LogP contribution in [0.2, 0.25) is 0 Å². The topological polar surface area (TPSA) is 55.6 Å². The summed E-state index contributed by atoms with van der Waals surface area (Å²) in [6.45, 7) is 4.90. The van der Waals surface area contributed by atoms with Crippen LogP contribution >= 0.6 is 11.3 Å². The molecule has 0 fully saturated rings. The number of hydrogen-bond donors (Lipinski definition) is 0. The summed E-state index contributed by atoms with van der Waals surface area (Å²) < 4.78 is 11.0. The minimum Gasteiger partial charge on any atom is -0.494 e. The molecule has 0 unspecified atom stereocenters. The number of amides is 1. The average molecular weight is 356 g/mol. The van der Waals surface area contributed by atoms with Crippen LogP contribution in [0.15, 0.2) is 47.1 Å². The molecule has 2 heterocycles. The normalized spacial score (nSPS) is 10.7. The molecule has 0 N–H and O–H groups in total. The second kappa shape index (κ2) is 7.53. The molecule has 0 bridgehead atoms. The number of aryl methyl sites for hydroxylation is 1. The molecule has 0 saturated heterocycles. The number of carbonyl (C=O) groups excluding carboxylic acids is 1. The van der Waals surface area contributed by atoms with E-state index in [-0.39, 0.29) is 5.91 Å². The zero-order valence-corrected chi connectivity index (χ0v) is 15.3. The second-order valence-corrected chi connectivity index (χ2v) is 6.81. The van der Waals surface area contributed by atoms with Crippen molar-refractivity contribution >= 4 is 17.2 Å². The van der Waals surface area contributed by atoms with Crippen LogP contribution in [0.1, 0.15) is 27.9 Å². The van der Waals surface area contributed by atoms with E-state index in [1.54, 1.807) is 18.2 Å². The van der Waals surface area contributed by atoms with Crippen LogP contribution in [0.3, 0.4) is 0 Å². The molecule has 0 saturated carbocycles. The van der Waals surface area contributed by atoms with Gasteiger partial charge in [-0.2, -0.15) is 0 Å². The lowest BCUT2D eigenvalue weighted by molar-refractivity contribution is 0.0778. The fourth-order valence-electron chi connectivity index (χ4n) is 2.54. The van der Waals surface area contributed by atoms with Crippen LogP contribution in [0.25, 0.3) is 10.8 Å². The third-order valence-corrected chi connectivity index (χ3v) is 4.74. The summed E-state index contributed by atoms with van der Waals surface area (Å²) in [7, 11) is 1.77. The Morgan fingerprint density at radius 2 is 2.08 bits per heavy atom. The van der Waals surface area contributed by atoms with Gasteiger partial charge in [-0.25, -0.2) is 4.98 Å². The molecule has 2 aromatic heterocycles. The predicted octanol–water partition coefficient (Wildman–Crippen LogP) is 4.38. The highest BCUT2D eigenvalue weighted by Crippen LogP contribution is 2.29. The van der Waals surface area contributed by atoms with Crippen LogP contribution in [0.4, 0.5) is 0 Å². The fraction of sp³-hybridized carbons (Fsp3) is 0.263. The van der Waals surface area contributed by atoms with E-state index in [2.05, 4.69) is 4.98 Å². The minimum atomic E-state index is -0.113. The molecule has 6 heteroatoms. The average Bonchev–Trinajstić information content (AvgIpc) is 3.25. The molecule has 0 aliphatic carbocycles. The second-order valence-electron chi connectivity index (χ2n) is 5.60. The van der Waals surface area contributed by atoms with Crippen LogP contribution in [0, 0.1) is 6.92 Å². The number of nitrogens with zero attached hydrogens (tertiary/aromatic N) is 2. The minimum absolute atomic E-state index is 0.113. The van der Waals surface area contributed by atoms with Gasteiger partial charge in [-0.1, -0.05) is 18.2 Å². The van der Waals surface area contributed by atoms with E-state index in [4.69, 9.17) is 9.15 Å². The smallest absolute Gasteiger partial charge is 0.273 e. The number of rotatable bonds is 6. The summed E-state index contributed by atoms with van der Waals surface area (Å²) in [6.07, 6.45) is 1.60. The first kappa shape index (κ1) is 17.2. The lowest BCUT2D eigenvalue weighted by Crippen LogP contribution is -2.27. The zero-order chi connectivity index (χ0) is 17.8. The van der Waals surface area contributed by atoms with Gasteiger partial charge in [0.1, 0.15) is 11.4 Å². The Kier molecular flexibility index (Phi) is 5.19. The van der Waals surface area contributed by atoms with Gasteiger partial charge in [0.05, 0.1) is 12.9 Å². The van der Waals surface area contributed by atoms with Gasteiger partial charge in [0, 0.05) is 24.0 Å². The Morgan fingerprint density at radius 1 is 1.28 bits per heavy atom. The zero-order valence-electron chi connectivity index (χ0n) is 14.5. The molecule has 5 nitrogen and oxygen atoms in total. The Labute approximate surface area is 150 Å². The van der Waals surface area contributed by atoms with Gasteiger partial charge in [0.25, 0.3) is 5.91 Å². The number of ether oxygens (including phenoxy) is 1. The molecule has 1 aromatic carbocycles. The summed E-state index contributed by atoms with van der Waals surface area (Å²) in [5.41, 5.74) is 1.44. The van der Waals surface area contributed by atoms with E-state index in [1.807, 2.05) is 50.2 Å². The Bertz CT molecular complexity index is 855. The van der Waals surface area contributed by atoms with Crippen molar-refractivity contribution in [2.24, 2.45) is 0 Å². The van der Waals surface area contributed by atoms with Crippen molar-refractivity contribution in [3.8, 4) is 16.5 Å². The van der Waals surface area contributed by atoms with Crippen LogP contribution < -0.4 is 4.74 Å². The SMILES string of the molecule is CCOc1ccccc1CN(C)C(=O)c1nc(-c2ccco2)sc1C. The maximum atomic E-state index is 12.8. The van der Waals surface area contributed by atoms with Crippen LogP contribution in [-0.4, -0.2) is 29.4 Å². The highest BCUT2D eigenvalue weighted by molar-refractivity contribution is 7.15. The van der Waals surface area contributed by atoms with E-state index in [0.717, 1.165) is 16.2 Å². The van der Waals surface area contributed by atoms with Crippen molar-refractivity contribution in [2.45, 2.75) is 20.4 Å². The van der Waals surface area contributed by atoms with Gasteiger partial charge < -0.3 is 14.1 Å². The third kappa shape index (κ3) is 3.74. The molecule has 0 aliphatic heterocycles. The highest BCUT2D eigenvalue weighted by Gasteiger charge is 2.21. The van der Waals surface area contributed by atoms with Crippen molar-refractivity contribution < 1.29 is 13.9 Å². The predicted molar refractivity (Wildman–Crippen MR) is 98.0 cm³/mol. The van der Waals surface area contributed by atoms with Crippen molar-refractivity contribution in [1.82, 2.24) is 9.88 Å². The monoisotopic (exact) mass is 356 g/mol. The molecule has 0 aliphatic rings. The quantitative estimate of drug-likeness (QED) is 0.657. The number of carbonyl (C=O) groups is 1. The van der Waals surface area contributed by atoms with Gasteiger partial charge in [-0.3, -0.25) is 4.79 Å². The lowest BCUT2D eigenvalue weighted by atomic mass is 10.2. The Hall–Kier alpha value is -2.60. The van der Waals surface area contributed by atoms with Gasteiger partial charge >= 0.3 is 0 Å². The molecule has 3 rings (SSSR count). The number of furan rings is 1. The van der Waals surface area contributed by atoms with Crippen LogP contribution in [0.5, 0.6) is 5.75 Å². The van der Waals surface area contributed by atoms with Crippen molar-refractivity contribution in [3.63, 3.8) is 0 Å². The van der Waals surface area contributed by atoms with E-state index in [1.165, 1.54) is 11.3 Å². The summed E-state index contributed by atoms with van der Waals surface area (Å²) in [5.74, 6) is 1.37. The van der Waals surface area contributed by atoms with Gasteiger partial charge in [0.2, 0.25) is 0 Å². The number of benzene rings is 1. The largest absolute Gasteiger partial charge is 0.494 e. The number of aromatic nitrogens is 1. The summed E-state index contributed by atoms with van der Waals surface area (Å²) in [6, 6.07) is 11.4. The molecule has 0 atom stereocenters. The molecule has 25 heavy (non-hydrogen) atoms.